The van der Waals surface area contributed by atoms with Crippen LogP contribution in [0.4, 0.5) is 0 Å². The Balaban J connectivity index is 2.43. The van der Waals surface area contributed by atoms with Gasteiger partial charge < -0.3 is 29.0 Å². The molecule has 0 spiro atoms. The van der Waals surface area contributed by atoms with Gasteiger partial charge >= 0.3 is 17.9 Å². The Labute approximate surface area is 184 Å². The third-order valence-electron chi connectivity index (χ3n) is 4.14. The molecule has 1 aliphatic heterocycles. The zero-order valence-electron chi connectivity index (χ0n) is 17.5. The highest BCUT2D eigenvalue weighted by Crippen LogP contribution is 2.29. The highest BCUT2D eigenvalue weighted by molar-refractivity contribution is 6.30. The molecule has 0 saturated carbocycles. The van der Waals surface area contributed by atoms with Crippen molar-refractivity contribution < 1.29 is 42.9 Å². The predicted molar refractivity (Wildman–Crippen MR) is 106 cm³/mol. The normalized spacial score (nSPS) is 25.1. The van der Waals surface area contributed by atoms with Gasteiger partial charge in [0.15, 0.2) is 12.2 Å². The molecule has 31 heavy (non-hydrogen) atoms. The van der Waals surface area contributed by atoms with Crippen LogP contribution in [0.2, 0.25) is 5.02 Å². The van der Waals surface area contributed by atoms with Crippen molar-refractivity contribution in [1.82, 2.24) is 5.32 Å². The van der Waals surface area contributed by atoms with E-state index in [1.54, 1.807) is 24.3 Å². The molecule has 5 atom stereocenters. The average molecular weight is 458 g/mol. The van der Waals surface area contributed by atoms with Crippen LogP contribution in [0.5, 0.6) is 5.75 Å². The van der Waals surface area contributed by atoms with Crippen LogP contribution < -0.4 is 10.1 Å². The Morgan fingerprint density at radius 2 is 1.52 bits per heavy atom. The molecular formula is C20H24ClNO9. The standard InChI is InChI=1S/C20H24ClNO9/c1-10(23)22-17-19(29-13(4)26)18(28-12(3)25)16(9-27-11(2)24)31-20(17)30-15-7-5-14(21)6-8-15/h5-8,16-20H,9H2,1-4H3,(H,22,23). The molecule has 1 amide bonds. The van der Waals surface area contributed by atoms with E-state index in [1.807, 2.05) is 0 Å². The lowest BCUT2D eigenvalue weighted by molar-refractivity contribution is -0.257. The highest BCUT2D eigenvalue weighted by Gasteiger charge is 2.51. The van der Waals surface area contributed by atoms with E-state index in [2.05, 4.69) is 5.32 Å². The maximum absolute atomic E-state index is 11.9. The molecule has 1 aliphatic rings. The van der Waals surface area contributed by atoms with Gasteiger partial charge in [0.05, 0.1) is 0 Å². The zero-order valence-corrected chi connectivity index (χ0v) is 18.2. The SMILES string of the molecule is CC(=O)NC1C(Oc2ccc(Cl)cc2)OC(COC(C)=O)C(OC(C)=O)C1OC(C)=O. The van der Waals surface area contributed by atoms with Crippen LogP contribution >= 0.6 is 11.6 Å². The van der Waals surface area contributed by atoms with Crippen molar-refractivity contribution in [3.8, 4) is 5.75 Å². The van der Waals surface area contributed by atoms with E-state index in [1.165, 1.54) is 20.8 Å². The van der Waals surface area contributed by atoms with E-state index in [0.717, 1.165) is 6.92 Å². The van der Waals surface area contributed by atoms with Crippen LogP contribution in [0.1, 0.15) is 27.7 Å². The van der Waals surface area contributed by atoms with Gasteiger partial charge in [-0.15, -0.1) is 0 Å². The van der Waals surface area contributed by atoms with Crippen LogP contribution in [0, 0.1) is 0 Å². The Bertz CT molecular complexity index is 813. The summed E-state index contributed by atoms with van der Waals surface area (Å²) in [5, 5.41) is 3.10. The van der Waals surface area contributed by atoms with E-state index < -0.39 is 54.5 Å². The number of hydrogen-bond donors (Lipinski definition) is 1. The molecular weight excluding hydrogens is 434 g/mol. The monoisotopic (exact) mass is 457 g/mol. The molecule has 1 heterocycles. The maximum Gasteiger partial charge on any atom is 0.303 e. The molecule has 0 aliphatic carbocycles. The summed E-state index contributed by atoms with van der Waals surface area (Å²) >= 11 is 5.90. The van der Waals surface area contributed by atoms with Gasteiger partial charge in [-0.1, -0.05) is 11.6 Å². The molecule has 1 aromatic carbocycles. The first-order valence-electron chi connectivity index (χ1n) is 9.39. The summed E-state index contributed by atoms with van der Waals surface area (Å²) in [7, 11) is 0. The average Bonchev–Trinajstić information content (AvgIpc) is 2.65. The molecule has 0 aromatic heterocycles. The second kappa shape index (κ2) is 11.0. The number of nitrogens with one attached hydrogen (secondary N) is 1. The number of halogens is 1. The quantitative estimate of drug-likeness (QED) is 0.477. The molecule has 0 bridgehead atoms. The first kappa shape index (κ1) is 24.4. The fraction of sp³-hybridized carbons (Fsp3) is 0.500. The number of carbonyl (C=O) groups is 4. The topological polar surface area (TPSA) is 126 Å². The summed E-state index contributed by atoms with van der Waals surface area (Å²) in [6, 6.07) is 5.30. The van der Waals surface area contributed by atoms with Crippen molar-refractivity contribution in [2.45, 2.75) is 58.3 Å². The maximum atomic E-state index is 11.9. The number of esters is 3. The predicted octanol–water partition coefficient (Wildman–Crippen LogP) is 1.37. The molecule has 2 rings (SSSR count). The number of amides is 1. The fourth-order valence-corrected chi connectivity index (χ4v) is 3.16. The van der Waals surface area contributed by atoms with Gasteiger partial charge in [0.25, 0.3) is 0 Å². The van der Waals surface area contributed by atoms with Crippen LogP contribution in [0.25, 0.3) is 0 Å². The van der Waals surface area contributed by atoms with E-state index >= 15 is 0 Å². The Kier molecular flexibility index (Phi) is 8.64. The van der Waals surface area contributed by atoms with E-state index in [-0.39, 0.29) is 6.61 Å². The summed E-state index contributed by atoms with van der Waals surface area (Å²) in [5.74, 6) is -2.07. The van der Waals surface area contributed by atoms with Gasteiger partial charge in [0, 0.05) is 32.7 Å². The van der Waals surface area contributed by atoms with Crippen LogP contribution in [-0.2, 0) is 38.1 Å². The van der Waals surface area contributed by atoms with Crippen molar-refractivity contribution in [1.29, 1.82) is 0 Å². The number of hydrogen-bond acceptors (Lipinski definition) is 9. The molecule has 5 unspecified atom stereocenters. The summed E-state index contributed by atoms with van der Waals surface area (Å²) in [4.78, 5) is 46.7. The van der Waals surface area contributed by atoms with Crippen LogP contribution in [0.15, 0.2) is 24.3 Å². The first-order valence-corrected chi connectivity index (χ1v) is 9.77. The van der Waals surface area contributed by atoms with Crippen molar-refractivity contribution >= 4 is 35.4 Å². The van der Waals surface area contributed by atoms with Gasteiger partial charge in [0.2, 0.25) is 12.2 Å². The van der Waals surface area contributed by atoms with Crippen molar-refractivity contribution in [3.63, 3.8) is 0 Å². The van der Waals surface area contributed by atoms with Gasteiger partial charge in [-0.25, -0.2) is 0 Å². The van der Waals surface area contributed by atoms with Crippen molar-refractivity contribution in [3.05, 3.63) is 29.3 Å². The fourth-order valence-electron chi connectivity index (χ4n) is 3.04. The molecule has 1 fully saturated rings. The zero-order chi connectivity index (χ0) is 23.1. The van der Waals surface area contributed by atoms with Crippen molar-refractivity contribution in [2.75, 3.05) is 6.61 Å². The van der Waals surface area contributed by atoms with E-state index in [0.29, 0.717) is 10.8 Å². The Morgan fingerprint density at radius 1 is 0.935 bits per heavy atom. The molecule has 1 aromatic rings. The molecule has 1 saturated heterocycles. The Hall–Kier alpha value is -2.85. The highest BCUT2D eigenvalue weighted by atomic mass is 35.5. The minimum absolute atomic E-state index is 0.307. The third-order valence-corrected chi connectivity index (χ3v) is 4.39. The number of carbonyl (C=O) groups excluding carboxylic acids is 4. The third kappa shape index (κ3) is 7.41. The summed E-state index contributed by atoms with van der Waals surface area (Å²) < 4.78 is 27.5. The lowest BCUT2D eigenvalue weighted by atomic mass is 9.96. The Morgan fingerprint density at radius 3 is 2.03 bits per heavy atom. The second-order valence-corrected chi connectivity index (χ2v) is 7.23. The minimum atomic E-state index is -1.18. The first-order chi connectivity index (χ1) is 14.6. The summed E-state index contributed by atoms with van der Waals surface area (Å²) in [6.45, 7) is 4.49. The summed E-state index contributed by atoms with van der Waals surface area (Å²) in [6.07, 6.45) is -4.58. The van der Waals surface area contributed by atoms with E-state index in [9.17, 15) is 19.2 Å². The van der Waals surface area contributed by atoms with Gasteiger partial charge in [-0.3, -0.25) is 19.2 Å². The lowest BCUT2D eigenvalue weighted by Crippen LogP contribution is -2.67. The van der Waals surface area contributed by atoms with E-state index in [4.69, 9.17) is 35.3 Å². The van der Waals surface area contributed by atoms with Crippen molar-refractivity contribution in [2.24, 2.45) is 0 Å². The second-order valence-electron chi connectivity index (χ2n) is 6.79. The van der Waals surface area contributed by atoms with Gasteiger partial charge in [-0.05, 0) is 24.3 Å². The summed E-state index contributed by atoms with van der Waals surface area (Å²) in [5.41, 5.74) is 0. The van der Waals surface area contributed by atoms with Crippen LogP contribution in [0.3, 0.4) is 0 Å². The lowest BCUT2D eigenvalue weighted by Gasteiger charge is -2.44. The van der Waals surface area contributed by atoms with Gasteiger partial charge in [0.1, 0.15) is 24.5 Å². The molecule has 10 nitrogen and oxygen atoms in total. The molecule has 1 N–H and O–H groups in total. The molecule has 0 radical (unpaired) electrons. The minimum Gasteiger partial charge on any atom is -0.463 e. The number of benzene rings is 1. The largest absolute Gasteiger partial charge is 0.463 e. The smallest absolute Gasteiger partial charge is 0.303 e. The molecule has 170 valence electrons. The number of rotatable bonds is 7. The number of ether oxygens (including phenoxy) is 5. The van der Waals surface area contributed by atoms with Crippen LogP contribution in [-0.4, -0.2) is 61.1 Å². The molecule has 11 heteroatoms. The van der Waals surface area contributed by atoms with Gasteiger partial charge in [-0.2, -0.15) is 0 Å².